The molecule has 0 unspecified atom stereocenters. The Morgan fingerprint density at radius 3 is 2.83 bits per heavy atom. The molecule has 1 amide bonds. The molecule has 2 aromatic heterocycles. The fraction of sp³-hybridized carbons (Fsp3) is 0.222. The minimum atomic E-state index is -0.0350. The Kier molecular flexibility index (Phi) is 5.28. The summed E-state index contributed by atoms with van der Waals surface area (Å²) in [6, 6.07) is 11.6. The average molecular weight is 341 g/mol. The van der Waals surface area contributed by atoms with Crippen LogP contribution in [0.25, 0.3) is 10.7 Å². The Balaban J connectivity index is 1.50. The van der Waals surface area contributed by atoms with Crippen molar-refractivity contribution >= 4 is 17.2 Å². The summed E-state index contributed by atoms with van der Waals surface area (Å²) >= 11 is 1.53. The SMILES string of the molecule is CCOc1ccc(CNC(=O)Cc2csc(-c3ccc[nH]3)n2)cc1. The van der Waals surface area contributed by atoms with Gasteiger partial charge >= 0.3 is 0 Å². The van der Waals surface area contributed by atoms with Crippen molar-refractivity contribution in [1.82, 2.24) is 15.3 Å². The number of aromatic nitrogens is 2. The Morgan fingerprint density at radius 2 is 2.12 bits per heavy atom. The molecule has 0 atom stereocenters. The summed E-state index contributed by atoms with van der Waals surface area (Å²) in [4.78, 5) is 19.7. The largest absolute Gasteiger partial charge is 0.494 e. The molecule has 0 aliphatic carbocycles. The predicted octanol–water partition coefficient (Wildman–Crippen LogP) is 3.40. The number of hydrogen-bond donors (Lipinski definition) is 2. The highest BCUT2D eigenvalue weighted by molar-refractivity contribution is 7.13. The van der Waals surface area contributed by atoms with Gasteiger partial charge in [0.05, 0.1) is 24.4 Å². The van der Waals surface area contributed by atoms with Crippen LogP contribution in [-0.4, -0.2) is 22.5 Å². The summed E-state index contributed by atoms with van der Waals surface area (Å²) in [5, 5.41) is 5.74. The molecule has 1 aromatic carbocycles. The van der Waals surface area contributed by atoms with E-state index in [0.29, 0.717) is 13.2 Å². The first-order valence-electron chi connectivity index (χ1n) is 7.81. The van der Waals surface area contributed by atoms with Crippen LogP contribution < -0.4 is 10.1 Å². The molecule has 2 heterocycles. The molecule has 0 aliphatic rings. The number of hydrogen-bond acceptors (Lipinski definition) is 4. The van der Waals surface area contributed by atoms with Crippen molar-refractivity contribution < 1.29 is 9.53 Å². The molecule has 124 valence electrons. The Hall–Kier alpha value is -2.60. The summed E-state index contributed by atoms with van der Waals surface area (Å²) in [5.41, 5.74) is 2.80. The van der Waals surface area contributed by atoms with Crippen LogP contribution in [0.1, 0.15) is 18.2 Å². The third-order valence-electron chi connectivity index (χ3n) is 3.45. The molecule has 0 aliphatic heterocycles. The number of carbonyl (C=O) groups excluding carboxylic acids is 1. The molecule has 6 heteroatoms. The van der Waals surface area contributed by atoms with Crippen LogP contribution in [0.4, 0.5) is 0 Å². The monoisotopic (exact) mass is 341 g/mol. The lowest BCUT2D eigenvalue weighted by Gasteiger charge is -2.06. The van der Waals surface area contributed by atoms with Crippen molar-refractivity contribution in [2.45, 2.75) is 19.9 Å². The molecule has 3 rings (SSSR count). The van der Waals surface area contributed by atoms with Gasteiger partial charge in [0.15, 0.2) is 0 Å². The van der Waals surface area contributed by atoms with Gasteiger partial charge in [-0.05, 0) is 36.8 Å². The zero-order chi connectivity index (χ0) is 16.8. The number of H-pyrrole nitrogens is 1. The van der Waals surface area contributed by atoms with E-state index in [9.17, 15) is 4.79 Å². The molecule has 0 saturated heterocycles. The smallest absolute Gasteiger partial charge is 0.226 e. The van der Waals surface area contributed by atoms with Crippen molar-refractivity contribution in [3.63, 3.8) is 0 Å². The zero-order valence-corrected chi connectivity index (χ0v) is 14.2. The third kappa shape index (κ3) is 4.23. The quantitative estimate of drug-likeness (QED) is 0.692. The first kappa shape index (κ1) is 16.3. The summed E-state index contributed by atoms with van der Waals surface area (Å²) in [5.74, 6) is 0.805. The van der Waals surface area contributed by atoms with Crippen molar-refractivity contribution in [2.75, 3.05) is 6.61 Å². The van der Waals surface area contributed by atoms with Crippen LogP contribution >= 0.6 is 11.3 Å². The topological polar surface area (TPSA) is 67.0 Å². The maximum Gasteiger partial charge on any atom is 0.226 e. The number of carbonyl (C=O) groups is 1. The van der Waals surface area contributed by atoms with Crippen LogP contribution in [0.15, 0.2) is 48.0 Å². The molecule has 0 radical (unpaired) electrons. The molecule has 2 N–H and O–H groups in total. The summed E-state index contributed by atoms with van der Waals surface area (Å²) in [6.45, 7) is 3.10. The lowest BCUT2D eigenvalue weighted by molar-refractivity contribution is -0.120. The number of thiazole rings is 1. The van der Waals surface area contributed by atoms with Crippen LogP contribution in [0.5, 0.6) is 5.75 Å². The molecular weight excluding hydrogens is 322 g/mol. The number of benzene rings is 1. The lowest BCUT2D eigenvalue weighted by Crippen LogP contribution is -2.24. The summed E-state index contributed by atoms with van der Waals surface area (Å²) in [6.07, 6.45) is 2.15. The van der Waals surface area contributed by atoms with E-state index < -0.39 is 0 Å². The Labute approximate surface area is 144 Å². The van der Waals surface area contributed by atoms with Gasteiger partial charge in [0.2, 0.25) is 5.91 Å². The van der Waals surface area contributed by atoms with Gasteiger partial charge in [-0.1, -0.05) is 12.1 Å². The number of amides is 1. The van der Waals surface area contributed by atoms with Crippen molar-refractivity contribution in [3.8, 4) is 16.5 Å². The molecule has 0 spiro atoms. The standard InChI is InChI=1S/C18H19N3O2S/c1-2-23-15-7-5-13(6-8-15)11-20-17(22)10-14-12-24-18(21-14)16-4-3-9-19-16/h3-9,12,19H,2,10-11H2,1H3,(H,20,22). The van der Waals surface area contributed by atoms with Crippen LogP contribution in [0.3, 0.4) is 0 Å². The second-order valence-corrected chi connectivity index (χ2v) is 6.12. The summed E-state index contributed by atoms with van der Waals surface area (Å²) in [7, 11) is 0. The highest BCUT2D eigenvalue weighted by atomic mass is 32.1. The maximum atomic E-state index is 12.1. The van der Waals surface area contributed by atoms with E-state index in [2.05, 4.69) is 15.3 Å². The van der Waals surface area contributed by atoms with Gasteiger partial charge in [0, 0.05) is 18.1 Å². The van der Waals surface area contributed by atoms with Crippen LogP contribution in [-0.2, 0) is 17.8 Å². The fourth-order valence-corrected chi connectivity index (χ4v) is 3.08. The number of nitrogens with one attached hydrogen (secondary N) is 2. The third-order valence-corrected chi connectivity index (χ3v) is 4.37. The van der Waals surface area contributed by atoms with E-state index >= 15 is 0 Å². The molecule has 5 nitrogen and oxygen atoms in total. The predicted molar refractivity (Wildman–Crippen MR) is 95.1 cm³/mol. The number of rotatable bonds is 7. The van der Waals surface area contributed by atoms with Gasteiger partial charge in [-0.3, -0.25) is 4.79 Å². The lowest BCUT2D eigenvalue weighted by atomic mass is 10.2. The van der Waals surface area contributed by atoms with Gasteiger partial charge in [0.25, 0.3) is 0 Å². The molecular formula is C18H19N3O2S. The van der Waals surface area contributed by atoms with Crippen molar-refractivity contribution in [1.29, 1.82) is 0 Å². The van der Waals surface area contributed by atoms with Gasteiger partial charge in [-0.15, -0.1) is 11.3 Å². The Bertz CT molecular complexity index is 779. The molecule has 24 heavy (non-hydrogen) atoms. The first-order chi connectivity index (χ1) is 11.7. The molecule has 3 aromatic rings. The molecule has 0 bridgehead atoms. The maximum absolute atomic E-state index is 12.1. The van der Waals surface area contributed by atoms with Crippen LogP contribution in [0, 0.1) is 0 Å². The van der Waals surface area contributed by atoms with Gasteiger partial charge < -0.3 is 15.0 Å². The molecule has 0 saturated carbocycles. The highest BCUT2D eigenvalue weighted by Gasteiger charge is 2.09. The van der Waals surface area contributed by atoms with Crippen LogP contribution in [0.2, 0.25) is 0 Å². The van der Waals surface area contributed by atoms with E-state index in [0.717, 1.165) is 27.7 Å². The fourth-order valence-electron chi connectivity index (χ4n) is 2.27. The van der Waals surface area contributed by atoms with Gasteiger partial charge in [0.1, 0.15) is 10.8 Å². The van der Waals surface area contributed by atoms with E-state index in [1.807, 2.05) is 54.9 Å². The second-order valence-electron chi connectivity index (χ2n) is 5.26. The van der Waals surface area contributed by atoms with Gasteiger partial charge in [-0.2, -0.15) is 0 Å². The van der Waals surface area contributed by atoms with E-state index in [4.69, 9.17) is 4.74 Å². The average Bonchev–Trinajstić information content (AvgIpc) is 3.26. The first-order valence-corrected chi connectivity index (χ1v) is 8.69. The second kappa shape index (κ2) is 7.79. The van der Waals surface area contributed by atoms with E-state index in [1.54, 1.807) is 0 Å². The van der Waals surface area contributed by atoms with Crippen molar-refractivity contribution in [2.24, 2.45) is 0 Å². The number of ether oxygens (including phenoxy) is 1. The van der Waals surface area contributed by atoms with E-state index in [1.165, 1.54) is 11.3 Å². The highest BCUT2D eigenvalue weighted by Crippen LogP contribution is 2.22. The zero-order valence-electron chi connectivity index (χ0n) is 13.4. The van der Waals surface area contributed by atoms with E-state index in [-0.39, 0.29) is 12.3 Å². The number of nitrogens with zero attached hydrogens (tertiary/aromatic N) is 1. The summed E-state index contributed by atoms with van der Waals surface area (Å²) < 4.78 is 5.40. The Morgan fingerprint density at radius 1 is 1.29 bits per heavy atom. The normalized spacial score (nSPS) is 10.5. The minimum absolute atomic E-state index is 0.0350. The molecule has 0 fully saturated rings. The number of aromatic amines is 1. The van der Waals surface area contributed by atoms with Crippen molar-refractivity contribution in [3.05, 3.63) is 59.2 Å². The minimum Gasteiger partial charge on any atom is -0.494 e. The van der Waals surface area contributed by atoms with Gasteiger partial charge in [-0.25, -0.2) is 4.98 Å².